The van der Waals surface area contributed by atoms with Gasteiger partial charge in [0.05, 0.1) is 5.70 Å². The van der Waals surface area contributed by atoms with E-state index in [9.17, 15) is 24.6 Å². The van der Waals surface area contributed by atoms with Gasteiger partial charge >= 0.3 is 18.0 Å². The summed E-state index contributed by atoms with van der Waals surface area (Å²) in [6.07, 6.45) is -0.907. The molecule has 1 atom stereocenters. The third-order valence-corrected chi connectivity index (χ3v) is 4.27. The largest absolute Gasteiger partial charge is 0.480 e. The van der Waals surface area contributed by atoms with Crippen LogP contribution in [0.3, 0.4) is 0 Å². The molecule has 0 spiro atoms. The standard InChI is InChI=1S/C22H23N3O6/c1-23-18(21(28)29)19(16-11-7-4-8-12-16)25(2)13-17(20(26)27)24-22(30)31-14-15-9-5-3-6-10-15/h3-12,17H,1,13-14H2,2H3,(H,24,30)(H,26,27)(H,28,29)/b19-18-/t17-/m1/s1. The lowest BCUT2D eigenvalue weighted by molar-refractivity contribution is -0.139. The monoisotopic (exact) mass is 425 g/mol. The number of amides is 1. The summed E-state index contributed by atoms with van der Waals surface area (Å²) in [6.45, 7) is 3.04. The molecule has 3 N–H and O–H groups in total. The van der Waals surface area contributed by atoms with Crippen molar-refractivity contribution in [3.05, 3.63) is 77.5 Å². The second kappa shape index (κ2) is 11.1. The average molecular weight is 425 g/mol. The average Bonchev–Trinajstić information content (AvgIpc) is 2.76. The zero-order chi connectivity index (χ0) is 22.8. The highest BCUT2D eigenvalue weighted by Gasteiger charge is 2.26. The van der Waals surface area contributed by atoms with Gasteiger partial charge in [0.2, 0.25) is 0 Å². The van der Waals surface area contributed by atoms with Crippen molar-refractivity contribution in [2.24, 2.45) is 4.99 Å². The van der Waals surface area contributed by atoms with E-state index in [0.717, 1.165) is 5.56 Å². The Bertz CT molecular complexity index is 960. The molecule has 0 heterocycles. The topological polar surface area (TPSA) is 129 Å². The molecule has 0 fully saturated rings. The first-order chi connectivity index (χ1) is 14.8. The first-order valence-corrected chi connectivity index (χ1v) is 9.24. The van der Waals surface area contributed by atoms with Gasteiger partial charge in [0.25, 0.3) is 0 Å². The van der Waals surface area contributed by atoms with Crippen LogP contribution >= 0.6 is 0 Å². The first-order valence-electron chi connectivity index (χ1n) is 9.24. The summed E-state index contributed by atoms with van der Waals surface area (Å²) in [4.78, 5) is 40.4. The van der Waals surface area contributed by atoms with Crippen LogP contribution in [0.25, 0.3) is 5.70 Å². The summed E-state index contributed by atoms with van der Waals surface area (Å²) in [5.41, 5.74) is 1.07. The van der Waals surface area contributed by atoms with Crippen LogP contribution in [0.1, 0.15) is 11.1 Å². The number of ether oxygens (including phenoxy) is 1. The summed E-state index contributed by atoms with van der Waals surface area (Å²) < 4.78 is 5.08. The third-order valence-electron chi connectivity index (χ3n) is 4.27. The number of alkyl carbamates (subject to hydrolysis) is 1. The molecule has 0 saturated carbocycles. The number of carboxylic acid groups (broad SMARTS) is 2. The van der Waals surface area contributed by atoms with Crippen LogP contribution in [-0.4, -0.2) is 59.5 Å². The summed E-state index contributed by atoms with van der Waals surface area (Å²) in [5, 5.41) is 21.3. The summed E-state index contributed by atoms with van der Waals surface area (Å²) >= 11 is 0. The van der Waals surface area contributed by atoms with Gasteiger partial charge in [-0.1, -0.05) is 60.7 Å². The zero-order valence-corrected chi connectivity index (χ0v) is 16.9. The Morgan fingerprint density at radius 3 is 2.16 bits per heavy atom. The summed E-state index contributed by atoms with van der Waals surface area (Å²) in [6, 6.07) is 16.1. The number of carboxylic acids is 2. The van der Waals surface area contributed by atoms with Crippen molar-refractivity contribution in [2.45, 2.75) is 12.6 Å². The predicted molar refractivity (Wildman–Crippen MR) is 114 cm³/mol. The molecular weight excluding hydrogens is 402 g/mol. The smallest absolute Gasteiger partial charge is 0.408 e. The van der Waals surface area contributed by atoms with Crippen molar-refractivity contribution in [3.63, 3.8) is 0 Å². The Balaban J connectivity index is 2.17. The van der Waals surface area contributed by atoms with Gasteiger partial charge in [0.1, 0.15) is 12.6 Å². The number of hydrogen-bond donors (Lipinski definition) is 3. The highest BCUT2D eigenvalue weighted by Crippen LogP contribution is 2.23. The minimum absolute atomic E-state index is 0.0203. The van der Waals surface area contributed by atoms with Crippen molar-refractivity contribution in [1.82, 2.24) is 10.2 Å². The molecule has 0 unspecified atom stereocenters. The molecule has 0 saturated heterocycles. The fourth-order valence-electron chi connectivity index (χ4n) is 2.84. The van der Waals surface area contributed by atoms with Gasteiger partial charge < -0.3 is 25.2 Å². The van der Waals surface area contributed by atoms with Crippen molar-refractivity contribution in [3.8, 4) is 0 Å². The fraction of sp³-hybridized carbons (Fsp3) is 0.182. The molecule has 9 heteroatoms. The highest BCUT2D eigenvalue weighted by atomic mass is 16.5. The van der Waals surface area contributed by atoms with E-state index in [1.54, 1.807) is 54.6 Å². The molecule has 0 aliphatic carbocycles. The lowest BCUT2D eigenvalue weighted by Crippen LogP contribution is -2.47. The quantitative estimate of drug-likeness (QED) is 0.394. The maximum absolute atomic E-state index is 12.1. The van der Waals surface area contributed by atoms with Gasteiger partial charge in [-0.15, -0.1) is 0 Å². The van der Waals surface area contributed by atoms with E-state index < -0.39 is 24.1 Å². The lowest BCUT2D eigenvalue weighted by atomic mass is 10.1. The molecule has 0 radical (unpaired) electrons. The molecule has 2 aromatic rings. The van der Waals surface area contributed by atoms with Gasteiger partial charge in [-0.25, -0.2) is 14.4 Å². The van der Waals surface area contributed by atoms with E-state index in [0.29, 0.717) is 5.56 Å². The lowest BCUT2D eigenvalue weighted by Gasteiger charge is -2.27. The van der Waals surface area contributed by atoms with Crippen molar-refractivity contribution in [2.75, 3.05) is 13.6 Å². The van der Waals surface area contributed by atoms with Gasteiger partial charge in [0.15, 0.2) is 5.70 Å². The van der Waals surface area contributed by atoms with E-state index >= 15 is 0 Å². The SMILES string of the molecule is C=N/C(C(=O)O)=C(/c1ccccc1)N(C)C[C@@H](NC(=O)OCc1ccccc1)C(=O)O. The Kier molecular flexibility index (Phi) is 8.32. The molecule has 162 valence electrons. The molecule has 2 aromatic carbocycles. The number of rotatable bonds is 10. The van der Waals surface area contributed by atoms with Crippen molar-refractivity contribution < 1.29 is 29.3 Å². The van der Waals surface area contributed by atoms with Crippen LogP contribution < -0.4 is 5.32 Å². The summed E-state index contributed by atoms with van der Waals surface area (Å²) in [7, 11) is 1.50. The molecule has 0 aromatic heterocycles. The van der Waals surface area contributed by atoms with Gasteiger partial charge in [0, 0.05) is 19.2 Å². The van der Waals surface area contributed by atoms with Gasteiger partial charge in [-0.3, -0.25) is 4.99 Å². The van der Waals surface area contributed by atoms with Crippen LogP contribution in [0.2, 0.25) is 0 Å². The van der Waals surface area contributed by atoms with E-state index in [-0.39, 0.29) is 24.5 Å². The molecule has 9 nitrogen and oxygen atoms in total. The second-order valence-electron chi connectivity index (χ2n) is 6.50. The molecule has 0 aliphatic heterocycles. The van der Waals surface area contributed by atoms with Crippen LogP contribution in [0.5, 0.6) is 0 Å². The van der Waals surface area contributed by atoms with Crippen LogP contribution in [-0.2, 0) is 20.9 Å². The molecule has 1 amide bonds. The van der Waals surface area contributed by atoms with Crippen molar-refractivity contribution >= 4 is 30.4 Å². The molecule has 0 bridgehead atoms. The minimum atomic E-state index is -1.37. The van der Waals surface area contributed by atoms with E-state index in [1.807, 2.05) is 6.07 Å². The Morgan fingerprint density at radius 1 is 1.06 bits per heavy atom. The third kappa shape index (κ3) is 6.70. The first kappa shape index (κ1) is 23.1. The molecular formula is C22H23N3O6. The van der Waals surface area contributed by atoms with Gasteiger partial charge in [-0.05, 0) is 12.3 Å². The second-order valence-corrected chi connectivity index (χ2v) is 6.50. The van der Waals surface area contributed by atoms with Crippen LogP contribution in [0.4, 0.5) is 4.79 Å². The Hall–Kier alpha value is -4.14. The number of nitrogens with zero attached hydrogens (tertiary/aromatic N) is 2. The van der Waals surface area contributed by atoms with Gasteiger partial charge in [-0.2, -0.15) is 0 Å². The number of aliphatic imine (C=N–C) groups is 1. The van der Waals surface area contributed by atoms with Crippen molar-refractivity contribution in [1.29, 1.82) is 0 Å². The minimum Gasteiger partial charge on any atom is -0.480 e. The predicted octanol–water partition coefficient (Wildman–Crippen LogP) is 2.45. The number of carbonyl (C=O) groups is 3. The van der Waals surface area contributed by atoms with E-state index in [4.69, 9.17) is 4.74 Å². The highest BCUT2D eigenvalue weighted by molar-refractivity contribution is 5.96. The number of aliphatic carboxylic acids is 2. The fourth-order valence-corrected chi connectivity index (χ4v) is 2.84. The maximum Gasteiger partial charge on any atom is 0.408 e. The zero-order valence-electron chi connectivity index (χ0n) is 16.9. The number of likely N-dealkylation sites (N-methyl/N-ethyl adjacent to an activating group) is 1. The molecule has 2 rings (SSSR count). The van der Waals surface area contributed by atoms with E-state index in [1.165, 1.54) is 11.9 Å². The Morgan fingerprint density at radius 2 is 1.65 bits per heavy atom. The number of benzene rings is 2. The van der Waals surface area contributed by atoms with E-state index in [2.05, 4.69) is 17.0 Å². The molecule has 31 heavy (non-hydrogen) atoms. The summed E-state index contributed by atoms with van der Waals surface area (Å²) in [5.74, 6) is -2.62. The van der Waals surface area contributed by atoms with Crippen LogP contribution in [0, 0.1) is 0 Å². The number of hydrogen-bond acceptors (Lipinski definition) is 6. The van der Waals surface area contributed by atoms with Crippen LogP contribution in [0.15, 0.2) is 71.4 Å². The number of nitrogens with one attached hydrogen (secondary N) is 1. The molecule has 0 aliphatic rings. The Labute approximate surface area is 179 Å². The number of carbonyl (C=O) groups excluding carboxylic acids is 1. The normalized spacial score (nSPS) is 12.2. The maximum atomic E-state index is 12.1.